The molecule has 1 amide bonds. The molecule has 2 aromatic rings. The monoisotopic (exact) mass is 328 g/mol. The summed E-state index contributed by atoms with van der Waals surface area (Å²) in [6.45, 7) is 1.88. The van der Waals surface area contributed by atoms with Crippen molar-refractivity contribution >= 4 is 23.2 Å². The highest BCUT2D eigenvalue weighted by molar-refractivity contribution is 6.30. The summed E-state index contributed by atoms with van der Waals surface area (Å²) in [4.78, 5) is 12.3. The fraction of sp³-hybridized carbons (Fsp3) is 0.222. The van der Waals surface area contributed by atoms with E-state index in [0.29, 0.717) is 29.3 Å². The zero-order valence-electron chi connectivity index (χ0n) is 12.8. The van der Waals surface area contributed by atoms with Gasteiger partial charge in [0.2, 0.25) is 0 Å². The molecule has 4 nitrogen and oxygen atoms in total. The van der Waals surface area contributed by atoms with Gasteiger partial charge in [0.05, 0.1) is 12.5 Å². The average molecular weight is 329 g/mol. The second-order valence-electron chi connectivity index (χ2n) is 4.99. The molecule has 118 valence electrons. The molecular formula is C18H17ClN2O2. The van der Waals surface area contributed by atoms with Crippen LogP contribution >= 0.6 is 11.6 Å². The van der Waals surface area contributed by atoms with Gasteiger partial charge in [-0.25, -0.2) is 0 Å². The van der Waals surface area contributed by atoms with Crippen molar-refractivity contribution in [1.29, 1.82) is 5.26 Å². The number of anilines is 1. The van der Waals surface area contributed by atoms with Crippen LogP contribution < -0.4 is 10.1 Å². The van der Waals surface area contributed by atoms with E-state index in [1.807, 2.05) is 19.1 Å². The first-order chi connectivity index (χ1) is 11.1. The number of halogens is 1. The molecular weight excluding hydrogens is 312 g/mol. The summed E-state index contributed by atoms with van der Waals surface area (Å²) in [6, 6.07) is 16.2. The van der Waals surface area contributed by atoms with E-state index < -0.39 is 6.10 Å². The second-order valence-corrected chi connectivity index (χ2v) is 5.43. The number of nitrogens with one attached hydrogen (secondary N) is 1. The SMILES string of the molecule is CCC(Oc1cccc(Cl)c1)C(=O)Nc1ccc(CC#N)cc1. The Labute approximate surface area is 140 Å². The molecule has 0 fully saturated rings. The van der Waals surface area contributed by atoms with Crippen LogP contribution in [0.4, 0.5) is 5.69 Å². The summed E-state index contributed by atoms with van der Waals surface area (Å²) in [5.74, 6) is 0.337. The van der Waals surface area contributed by atoms with E-state index in [0.717, 1.165) is 5.56 Å². The minimum Gasteiger partial charge on any atom is -0.481 e. The van der Waals surface area contributed by atoms with Gasteiger partial charge in [0.25, 0.3) is 5.91 Å². The molecule has 23 heavy (non-hydrogen) atoms. The number of carbonyl (C=O) groups is 1. The Morgan fingerprint density at radius 1 is 1.30 bits per heavy atom. The Balaban J connectivity index is 2.01. The Morgan fingerprint density at radius 3 is 2.65 bits per heavy atom. The number of nitriles is 1. The van der Waals surface area contributed by atoms with Crippen molar-refractivity contribution < 1.29 is 9.53 Å². The Bertz CT molecular complexity index is 708. The highest BCUT2D eigenvalue weighted by Crippen LogP contribution is 2.20. The number of carbonyl (C=O) groups excluding carboxylic acids is 1. The van der Waals surface area contributed by atoms with E-state index in [4.69, 9.17) is 21.6 Å². The van der Waals surface area contributed by atoms with Crippen LogP contribution in [0.2, 0.25) is 5.02 Å². The molecule has 0 aliphatic heterocycles. The van der Waals surface area contributed by atoms with Gasteiger partial charge in [0.15, 0.2) is 6.10 Å². The number of hydrogen-bond acceptors (Lipinski definition) is 3. The Hall–Kier alpha value is -2.51. The predicted octanol–water partition coefficient (Wildman–Crippen LogP) is 4.20. The number of ether oxygens (including phenoxy) is 1. The van der Waals surface area contributed by atoms with E-state index in [-0.39, 0.29) is 5.91 Å². The van der Waals surface area contributed by atoms with Gasteiger partial charge >= 0.3 is 0 Å². The first-order valence-electron chi connectivity index (χ1n) is 7.31. The van der Waals surface area contributed by atoms with Gasteiger partial charge in [-0.05, 0) is 42.3 Å². The fourth-order valence-electron chi connectivity index (χ4n) is 2.05. The van der Waals surface area contributed by atoms with E-state index in [1.54, 1.807) is 36.4 Å². The molecule has 1 atom stereocenters. The molecule has 0 saturated heterocycles. The highest BCUT2D eigenvalue weighted by Gasteiger charge is 2.18. The largest absolute Gasteiger partial charge is 0.481 e. The van der Waals surface area contributed by atoms with Crippen LogP contribution in [-0.2, 0) is 11.2 Å². The fourth-order valence-corrected chi connectivity index (χ4v) is 2.23. The van der Waals surface area contributed by atoms with Crippen molar-refractivity contribution in [3.05, 3.63) is 59.1 Å². The summed E-state index contributed by atoms with van der Waals surface area (Å²) in [5.41, 5.74) is 1.58. The van der Waals surface area contributed by atoms with Crippen LogP contribution in [0, 0.1) is 11.3 Å². The third kappa shape index (κ3) is 5.01. The molecule has 1 unspecified atom stereocenters. The topological polar surface area (TPSA) is 62.1 Å². The van der Waals surface area contributed by atoms with Gasteiger partial charge < -0.3 is 10.1 Å². The normalized spacial score (nSPS) is 11.3. The first kappa shape index (κ1) is 16.9. The Kier molecular flexibility index (Phi) is 6.02. The summed E-state index contributed by atoms with van der Waals surface area (Å²) in [6.07, 6.45) is 0.279. The third-order valence-electron chi connectivity index (χ3n) is 3.24. The number of nitrogens with zero attached hydrogens (tertiary/aromatic N) is 1. The summed E-state index contributed by atoms with van der Waals surface area (Å²) in [7, 11) is 0. The van der Waals surface area contributed by atoms with E-state index in [2.05, 4.69) is 11.4 Å². The van der Waals surface area contributed by atoms with Crippen LogP contribution in [0.1, 0.15) is 18.9 Å². The van der Waals surface area contributed by atoms with Crippen molar-refractivity contribution in [2.45, 2.75) is 25.9 Å². The van der Waals surface area contributed by atoms with Crippen molar-refractivity contribution in [3.8, 4) is 11.8 Å². The van der Waals surface area contributed by atoms with Crippen LogP contribution in [0.3, 0.4) is 0 Å². The lowest BCUT2D eigenvalue weighted by atomic mass is 10.1. The van der Waals surface area contributed by atoms with Gasteiger partial charge in [0.1, 0.15) is 5.75 Å². The van der Waals surface area contributed by atoms with Gasteiger partial charge in [-0.2, -0.15) is 5.26 Å². The zero-order valence-corrected chi connectivity index (χ0v) is 13.5. The van der Waals surface area contributed by atoms with Crippen LogP contribution in [0.15, 0.2) is 48.5 Å². The summed E-state index contributed by atoms with van der Waals surface area (Å²) >= 11 is 5.92. The van der Waals surface area contributed by atoms with Crippen LogP contribution in [-0.4, -0.2) is 12.0 Å². The van der Waals surface area contributed by atoms with Crippen LogP contribution in [0.25, 0.3) is 0 Å². The molecule has 1 N–H and O–H groups in total. The maximum absolute atomic E-state index is 12.3. The molecule has 0 aromatic heterocycles. The maximum Gasteiger partial charge on any atom is 0.265 e. The second kappa shape index (κ2) is 8.21. The van der Waals surface area contributed by atoms with Crippen molar-refractivity contribution in [2.75, 3.05) is 5.32 Å². The smallest absolute Gasteiger partial charge is 0.265 e. The lowest BCUT2D eigenvalue weighted by Crippen LogP contribution is -2.32. The standard InChI is InChI=1S/C18H17ClN2O2/c1-2-17(23-16-5-3-4-14(19)12-16)18(22)21-15-8-6-13(7-9-15)10-11-20/h3-9,12,17H,2,10H2,1H3,(H,21,22). The van der Waals surface area contributed by atoms with Crippen molar-refractivity contribution in [1.82, 2.24) is 0 Å². The molecule has 0 bridgehead atoms. The van der Waals surface area contributed by atoms with E-state index >= 15 is 0 Å². The minimum atomic E-state index is -0.604. The van der Waals surface area contributed by atoms with E-state index in [9.17, 15) is 4.79 Å². The zero-order chi connectivity index (χ0) is 16.7. The molecule has 0 aliphatic rings. The quantitative estimate of drug-likeness (QED) is 0.864. The lowest BCUT2D eigenvalue weighted by Gasteiger charge is -2.17. The van der Waals surface area contributed by atoms with Gasteiger partial charge in [0, 0.05) is 10.7 Å². The van der Waals surface area contributed by atoms with Gasteiger partial charge in [-0.15, -0.1) is 0 Å². The van der Waals surface area contributed by atoms with Gasteiger partial charge in [-0.3, -0.25) is 4.79 Å². The summed E-state index contributed by atoms with van der Waals surface area (Å²) < 4.78 is 5.70. The molecule has 0 aliphatic carbocycles. The predicted molar refractivity (Wildman–Crippen MR) is 90.5 cm³/mol. The molecule has 2 rings (SSSR count). The lowest BCUT2D eigenvalue weighted by molar-refractivity contribution is -0.122. The number of amides is 1. The Morgan fingerprint density at radius 2 is 2.04 bits per heavy atom. The first-order valence-corrected chi connectivity index (χ1v) is 7.69. The van der Waals surface area contributed by atoms with E-state index in [1.165, 1.54) is 0 Å². The maximum atomic E-state index is 12.3. The average Bonchev–Trinajstić information content (AvgIpc) is 2.54. The molecule has 2 aromatic carbocycles. The van der Waals surface area contributed by atoms with Gasteiger partial charge in [-0.1, -0.05) is 36.7 Å². The third-order valence-corrected chi connectivity index (χ3v) is 3.48. The number of rotatable bonds is 6. The van der Waals surface area contributed by atoms with Crippen LogP contribution in [0.5, 0.6) is 5.75 Å². The highest BCUT2D eigenvalue weighted by atomic mass is 35.5. The number of benzene rings is 2. The molecule has 0 spiro atoms. The number of hydrogen-bond donors (Lipinski definition) is 1. The van der Waals surface area contributed by atoms with Crippen molar-refractivity contribution in [3.63, 3.8) is 0 Å². The summed E-state index contributed by atoms with van der Waals surface area (Å²) in [5, 5.41) is 12.0. The molecule has 0 radical (unpaired) electrons. The molecule has 5 heteroatoms. The van der Waals surface area contributed by atoms with Crippen molar-refractivity contribution in [2.24, 2.45) is 0 Å². The molecule has 0 heterocycles. The molecule has 0 saturated carbocycles. The minimum absolute atomic E-state index is 0.222.